The SMILES string of the molecule is CCOC(=O)[C@H]1[NH2+][C@@H]2CC[C@H]1C2.[Cl-]. The Hall–Kier alpha value is -0.280. The number of hydrogen-bond acceptors (Lipinski definition) is 2. The molecule has 1 heterocycles. The number of fused-ring (bicyclic) bond motifs is 2. The lowest BCUT2D eigenvalue weighted by Gasteiger charge is -2.17. The molecule has 1 saturated carbocycles. The van der Waals surface area contributed by atoms with Crippen LogP contribution >= 0.6 is 0 Å². The molecule has 3 atom stereocenters. The molecule has 2 aliphatic rings. The Labute approximate surface area is 84.6 Å². The van der Waals surface area contributed by atoms with Crippen molar-refractivity contribution in [3.63, 3.8) is 0 Å². The minimum Gasteiger partial charge on any atom is -1.00 e. The van der Waals surface area contributed by atoms with Gasteiger partial charge in [-0.1, -0.05) is 0 Å². The Bertz CT molecular complexity index is 198. The quantitative estimate of drug-likeness (QED) is 0.480. The van der Waals surface area contributed by atoms with E-state index in [0.29, 0.717) is 18.6 Å². The Morgan fingerprint density at radius 3 is 2.77 bits per heavy atom. The number of piperidine rings is 1. The molecule has 4 heteroatoms. The van der Waals surface area contributed by atoms with Gasteiger partial charge in [-0.2, -0.15) is 0 Å². The maximum absolute atomic E-state index is 11.4. The van der Waals surface area contributed by atoms with E-state index in [9.17, 15) is 4.79 Å². The highest BCUT2D eigenvalue weighted by Gasteiger charge is 2.47. The molecule has 13 heavy (non-hydrogen) atoms. The second kappa shape index (κ2) is 4.29. The van der Waals surface area contributed by atoms with Gasteiger partial charge in [0.2, 0.25) is 0 Å². The standard InChI is InChI=1S/C9H15NO2.ClH/c1-2-12-9(11)8-6-3-4-7(5-6)10-8;/h6-8,10H,2-5H2,1H3;1H/t6-,7+,8-;/m0./s1. The zero-order valence-corrected chi connectivity index (χ0v) is 8.59. The Morgan fingerprint density at radius 1 is 1.54 bits per heavy atom. The first-order valence-electron chi connectivity index (χ1n) is 4.83. The molecular weight excluding hydrogens is 190 g/mol. The molecule has 0 amide bonds. The average Bonchev–Trinajstić information content (AvgIpc) is 2.64. The van der Waals surface area contributed by atoms with E-state index in [4.69, 9.17) is 4.74 Å². The minimum absolute atomic E-state index is 0. The third-order valence-electron chi connectivity index (χ3n) is 3.06. The van der Waals surface area contributed by atoms with Crippen molar-refractivity contribution in [2.24, 2.45) is 5.92 Å². The maximum atomic E-state index is 11.4. The number of rotatable bonds is 2. The number of nitrogens with two attached hydrogens (primary N) is 1. The monoisotopic (exact) mass is 205 g/mol. The van der Waals surface area contributed by atoms with E-state index in [-0.39, 0.29) is 24.4 Å². The predicted octanol–water partition coefficient (Wildman–Crippen LogP) is -3.33. The first-order chi connectivity index (χ1) is 5.81. The van der Waals surface area contributed by atoms with Gasteiger partial charge in [0.05, 0.1) is 12.6 Å². The van der Waals surface area contributed by atoms with Crippen molar-refractivity contribution in [3.05, 3.63) is 0 Å². The lowest BCUT2D eigenvalue weighted by molar-refractivity contribution is -0.699. The summed E-state index contributed by atoms with van der Waals surface area (Å²) in [6.07, 6.45) is 3.74. The molecule has 0 unspecified atom stereocenters. The molecule has 0 aromatic carbocycles. The fraction of sp³-hybridized carbons (Fsp3) is 0.889. The molecule has 0 aromatic heterocycles. The first-order valence-corrected chi connectivity index (χ1v) is 4.83. The van der Waals surface area contributed by atoms with Crippen LogP contribution < -0.4 is 17.7 Å². The lowest BCUT2D eigenvalue weighted by atomic mass is 10.0. The summed E-state index contributed by atoms with van der Waals surface area (Å²) in [5.74, 6) is 0.610. The van der Waals surface area contributed by atoms with Crippen LogP contribution in [0.4, 0.5) is 0 Å². The number of carbonyl (C=O) groups excluding carboxylic acids is 1. The van der Waals surface area contributed by atoms with Gasteiger partial charge in [0.25, 0.3) is 0 Å². The van der Waals surface area contributed by atoms with Crippen LogP contribution in [0.5, 0.6) is 0 Å². The predicted molar refractivity (Wildman–Crippen MR) is 43.5 cm³/mol. The molecule has 0 radical (unpaired) electrons. The maximum Gasteiger partial charge on any atom is 0.365 e. The number of carbonyl (C=O) groups is 1. The van der Waals surface area contributed by atoms with Crippen molar-refractivity contribution in [1.29, 1.82) is 0 Å². The van der Waals surface area contributed by atoms with Gasteiger partial charge in [-0.05, 0) is 19.8 Å². The van der Waals surface area contributed by atoms with E-state index in [1.807, 2.05) is 6.92 Å². The van der Waals surface area contributed by atoms with Crippen molar-refractivity contribution >= 4 is 5.97 Å². The number of quaternary nitrogens is 1. The van der Waals surface area contributed by atoms with Gasteiger partial charge in [0.15, 0.2) is 6.04 Å². The molecule has 1 saturated heterocycles. The molecule has 76 valence electrons. The van der Waals surface area contributed by atoms with Crippen LogP contribution in [0.15, 0.2) is 0 Å². The molecule has 2 fully saturated rings. The van der Waals surface area contributed by atoms with E-state index in [1.165, 1.54) is 19.3 Å². The summed E-state index contributed by atoms with van der Waals surface area (Å²) in [6, 6.07) is 0.841. The summed E-state index contributed by atoms with van der Waals surface area (Å²) >= 11 is 0. The number of hydrogen-bond donors (Lipinski definition) is 1. The van der Waals surface area contributed by atoms with E-state index < -0.39 is 0 Å². The number of ether oxygens (including phenoxy) is 1. The van der Waals surface area contributed by atoms with Gasteiger partial charge in [-0.25, -0.2) is 4.79 Å². The smallest absolute Gasteiger partial charge is 0.365 e. The van der Waals surface area contributed by atoms with E-state index in [0.717, 1.165) is 0 Å². The molecule has 0 aromatic rings. The second-order valence-electron chi connectivity index (χ2n) is 3.80. The highest BCUT2D eigenvalue weighted by Crippen LogP contribution is 2.30. The third-order valence-corrected chi connectivity index (χ3v) is 3.06. The molecule has 2 rings (SSSR count). The topological polar surface area (TPSA) is 42.9 Å². The van der Waals surface area contributed by atoms with Crippen LogP contribution in [0.3, 0.4) is 0 Å². The van der Waals surface area contributed by atoms with Gasteiger partial charge >= 0.3 is 5.97 Å². The van der Waals surface area contributed by atoms with Crippen LogP contribution in [0.2, 0.25) is 0 Å². The van der Waals surface area contributed by atoms with E-state index >= 15 is 0 Å². The normalized spacial score (nSPS) is 35.6. The van der Waals surface area contributed by atoms with Gasteiger partial charge in [-0.3, -0.25) is 0 Å². The van der Waals surface area contributed by atoms with E-state index in [1.54, 1.807) is 0 Å². The summed E-state index contributed by atoms with van der Waals surface area (Å²) in [4.78, 5) is 11.4. The average molecular weight is 206 g/mol. The molecule has 2 N–H and O–H groups in total. The van der Waals surface area contributed by atoms with Crippen molar-refractivity contribution in [2.75, 3.05) is 6.61 Å². The van der Waals surface area contributed by atoms with E-state index in [2.05, 4.69) is 5.32 Å². The van der Waals surface area contributed by atoms with Crippen molar-refractivity contribution in [1.82, 2.24) is 0 Å². The lowest BCUT2D eigenvalue weighted by Crippen LogP contribution is -3.00. The van der Waals surface area contributed by atoms with Crippen LogP contribution in [0.1, 0.15) is 26.2 Å². The summed E-state index contributed by atoms with van der Waals surface area (Å²) in [5.41, 5.74) is 0. The van der Waals surface area contributed by atoms with Crippen LogP contribution in [-0.2, 0) is 9.53 Å². The number of halogens is 1. The fourth-order valence-electron chi connectivity index (χ4n) is 2.51. The van der Waals surface area contributed by atoms with Gasteiger partial charge in [0, 0.05) is 12.3 Å². The Kier molecular flexibility index (Phi) is 3.56. The zero-order chi connectivity index (χ0) is 8.55. The summed E-state index contributed by atoms with van der Waals surface area (Å²) in [7, 11) is 0. The molecule has 0 spiro atoms. The number of esters is 1. The van der Waals surface area contributed by atoms with Gasteiger partial charge in [0.1, 0.15) is 0 Å². The largest absolute Gasteiger partial charge is 1.00 e. The fourth-order valence-corrected chi connectivity index (χ4v) is 2.51. The van der Waals surface area contributed by atoms with Crippen molar-refractivity contribution < 1.29 is 27.3 Å². The van der Waals surface area contributed by atoms with Crippen molar-refractivity contribution in [3.8, 4) is 0 Å². The molecule has 3 nitrogen and oxygen atoms in total. The third kappa shape index (κ3) is 1.97. The van der Waals surface area contributed by atoms with Crippen LogP contribution in [0.25, 0.3) is 0 Å². The molecule has 2 bridgehead atoms. The Balaban J connectivity index is 0.000000845. The van der Waals surface area contributed by atoms with Crippen LogP contribution in [-0.4, -0.2) is 24.7 Å². The summed E-state index contributed by atoms with van der Waals surface area (Å²) in [5, 5.41) is 2.20. The van der Waals surface area contributed by atoms with Gasteiger partial charge in [-0.15, -0.1) is 0 Å². The first kappa shape index (κ1) is 10.8. The van der Waals surface area contributed by atoms with Crippen molar-refractivity contribution in [2.45, 2.75) is 38.3 Å². The molecule has 1 aliphatic heterocycles. The highest BCUT2D eigenvalue weighted by atomic mass is 35.5. The van der Waals surface area contributed by atoms with Gasteiger partial charge < -0.3 is 22.5 Å². The minimum atomic E-state index is 0. The Morgan fingerprint density at radius 2 is 2.31 bits per heavy atom. The second-order valence-corrected chi connectivity index (χ2v) is 3.80. The van der Waals surface area contributed by atoms with Crippen LogP contribution in [0, 0.1) is 5.92 Å². The molecule has 1 aliphatic carbocycles. The summed E-state index contributed by atoms with van der Waals surface area (Å²) in [6.45, 7) is 2.38. The highest BCUT2D eigenvalue weighted by molar-refractivity contribution is 5.74. The molecular formula is C9H16ClNO2. The zero-order valence-electron chi connectivity index (χ0n) is 7.83. The summed E-state index contributed by atoms with van der Waals surface area (Å²) < 4.78 is 5.01.